The number of carbonyl (C=O) groups excluding carboxylic acids is 1. The third-order valence-corrected chi connectivity index (χ3v) is 3.93. The molecule has 1 unspecified atom stereocenters. The average molecular weight is 302 g/mol. The number of morpholine rings is 1. The number of methoxy groups -OCH3 is 1. The Hall–Kier alpha value is -1.11. The van der Waals surface area contributed by atoms with Crippen molar-refractivity contribution in [3.63, 3.8) is 0 Å². The highest BCUT2D eigenvalue weighted by atomic mass is 35.5. The summed E-state index contributed by atoms with van der Waals surface area (Å²) in [5.74, 6) is -0.332. The van der Waals surface area contributed by atoms with Crippen molar-refractivity contribution in [2.24, 2.45) is 0 Å². The Morgan fingerprint density at radius 2 is 2.35 bits per heavy atom. The van der Waals surface area contributed by atoms with Crippen molar-refractivity contribution in [1.29, 1.82) is 0 Å². The summed E-state index contributed by atoms with van der Waals surface area (Å²) in [6.45, 7) is 7.14. The van der Waals surface area contributed by atoms with Gasteiger partial charge in [-0.05, 0) is 13.8 Å². The molecule has 6 nitrogen and oxygen atoms in total. The monoisotopic (exact) mass is 301 g/mol. The Bertz CT molecular complexity index is 489. The van der Waals surface area contributed by atoms with Crippen LogP contribution in [-0.2, 0) is 27.4 Å². The van der Waals surface area contributed by atoms with Crippen molar-refractivity contribution in [3.8, 4) is 0 Å². The average Bonchev–Trinajstić information content (AvgIpc) is 2.74. The third kappa shape index (κ3) is 3.13. The van der Waals surface area contributed by atoms with E-state index in [-0.39, 0.29) is 5.97 Å². The number of rotatable bonds is 4. The van der Waals surface area contributed by atoms with Gasteiger partial charge in [0.2, 0.25) is 0 Å². The van der Waals surface area contributed by atoms with Crippen LogP contribution in [0.2, 0.25) is 5.02 Å². The van der Waals surface area contributed by atoms with E-state index in [0.29, 0.717) is 24.7 Å². The Balaban J connectivity index is 2.08. The first kappa shape index (κ1) is 15.3. The van der Waals surface area contributed by atoms with Gasteiger partial charge in [-0.25, -0.2) is 4.79 Å². The van der Waals surface area contributed by atoms with Crippen molar-refractivity contribution in [2.75, 3.05) is 26.8 Å². The quantitative estimate of drug-likeness (QED) is 0.783. The highest BCUT2D eigenvalue weighted by Gasteiger charge is 2.28. The summed E-state index contributed by atoms with van der Waals surface area (Å²) in [5, 5.41) is 5.10. The molecule has 0 bridgehead atoms. The Morgan fingerprint density at radius 3 is 3.00 bits per heavy atom. The predicted molar refractivity (Wildman–Crippen MR) is 74.7 cm³/mol. The number of aryl methyl sites for hydroxylation is 2. The number of hydrogen-bond acceptors (Lipinski definition) is 5. The fourth-order valence-electron chi connectivity index (χ4n) is 2.35. The van der Waals surface area contributed by atoms with E-state index >= 15 is 0 Å². The zero-order valence-electron chi connectivity index (χ0n) is 12.1. The molecule has 0 aliphatic carbocycles. The van der Waals surface area contributed by atoms with E-state index in [0.717, 1.165) is 24.5 Å². The Labute approximate surface area is 123 Å². The minimum atomic E-state index is -0.522. The first-order valence-electron chi connectivity index (χ1n) is 6.70. The van der Waals surface area contributed by atoms with Gasteiger partial charge in [0, 0.05) is 26.2 Å². The molecule has 1 atom stereocenters. The number of halogens is 1. The van der Waals surface area contributed by atoms with Crippen LogP contribution in [0.4, 0.5) is 0 Å². The van der Waals surface area contributed by atoms with Crippen LogP contribution in [-0.4, -0.2) is 53.6 Å². The summed E-state index contributed by atoms with van der Waals surface area (Å²) in [6, 6.07) is 0. The summed E-state index contributed by atoms with van der Waals surface area (Å²) >= 11 is 6.31. The minimum Gasteiger partial charge on any atom is -0.467 e. The van der Waals surface area contributed by atoms with E-state index < -0.39 is 6.10 Å². The topological polar surface area (TPSA) is 56.6 Å². The molecule has 0 aromatic carbocycles. The first-order chi connectivity index (χ1) is 9.56. The molecule has 1 aromatic heterocycles. The highest BCUT2D eigenvalue weighted by molar-refractivity contribution is 6.31. The molecule has 0 saturated carbocycles. The number of ether oxygens (including phenoxy) is 2. The van der Waals surface area contributed by atoms with Gasteiger partial charge in [-0.1, -0.05) is 11.6 Å². The van der Waals surface area contributed by atoms with Crippen molar-refractivity contribution in [1.82, 2.24) is 14.7 Å². The summed E-state index contributed by atoms with van der Waals surface area (Å²) in [7, 11) is 1.37. The van der Waals surface area contributed by atoms with Gasteiger partial charge < -0.3 is 9.47 Å². The fourth-order valence-corrected chi connectivity index (χ4v) is 2.55. The normalized spacial score (nSPS) is 20.1. The zero-order chi connectivity index (χ0) is 14.7. The zero-order valence-corrected chi connectivity index (χ0v) is 12.8. The van der Waals surface area contributed by atoms with Crippen molar-refractivity contribution in [3.05, 3.63) is 16.4 Å². The molecule has 2 heterocycles. The SMILES string of the molecule is CCn1nc(C)c(Cl)c1CN1CCOC(C(=O)OC)C1. The number of carbonyl (C=O) groups is 1. The van der Waals surface area contributed by atoms with Gasteiger partial charge in [-0.2, -0.15) is 5.10 Å². The molecule has 20 heavy (non-hydrogen) atoms. The minimum absolute atomic E-state index is 0.332. The van der Waals surface area contributed by atoms with E-state index in [2.05, 4.69) is 10.00 Å². The molecule has 1 saturated heterocycles. The van der Waals surface area contributed by atoms with Crippen molar-refractivity contribution >= 4 is 17.6 Å². The molecule has 0 spiro atoms. The standard InChI is InChI=1S/C13H20ClN3O3/c1-4-17-10(12(14)9(2)15-17)7-16-5-6-20-11(8-16)13(18)19-3/h11H,4-8H2,1-3H3. The molecule has 0 amide bonds. The van der Waals surface area contributed by atoms with Gasteiger partial charge in [-0.3, -0.25) is 9.58 Å². The van der Waals surface area contributed by atoms with Crippen LogP contribution in [0.3, 0.4) is 0 Å². The molecule has 112 valence electrons. The molecule has 1 aliphatic heterocycles. The van der Waals surface area contributed by atoms with Gasteiger partial charge in [-0.15, -0.1) is 0 Å². The van der Waals surface area contributed by atoms with Crippen molar-refractivity contribution < 1.29 is 14.3 Å². The molecule has 1 fully saturated rings. The second-order valence-electron chi connectivity index (χ2n) is 4.78. The number of nitrogens with zero attached hydrogens (tertiary/aromatic N) is 3. The molecule has 2 rings (SSSR count). The van der Waals surface area contributed by atoms with Gasteiger partial charge in [0.05, 0.1) is 30.1 Å². The number of esters is 1. The maximum absolute atomic E-state index is 11.5. The van der Waals surface area contributed by atoms with E-state index in [1.165, 1.54) is 7.11 Å². The summed E-state index contributed by atoms with van der Waals surface area (Å²) < 4.78 is 12.0. The van der Waals surface area contributed by atoms with Gasteiger partial charge in [0.25, 0.3) is 0 Å². The molecule has 1 aliphatic rings. The van der Waals surface area contributed by atoms with E-state index in [4.69, 9.17) is 21.1 Å². The third-order valence-electron chi connectivity index (χ3n) is 3.44. The van der Waals surface area contributed by atoms with Crippen LogP contribution < -0.4 is 0 Å². The maximum Gasteiger partial charge on any atom is 0.336 e. The Morgan fingerprint density at radius 1 is 1.60 bits per heavy atom. The lowest BCUT2D eigenvalue weighted by Gasteiger charge is -2.31. The second kappa shape index (κ2) is 6.56. The van der Waals surface area contributed by atoms with E-state index in [1.807, 2.05) is 18.5 Å². The van der Waals surface area contributed by atoms with Crippen molar-refractivity contribution in [2.45, 2.75) is 33.0 Å². The van der Waals surface area contributed by atoms with Crippen LogP contribution in [0.5, 0.6) is 0 Å². The van der Waals surface area contributed by atoms with Gasteiger partial charge in [0.15, 0.2) is 6.10 Å². The fraction of sp³-hybridized carbons (Fsp3) is 0.692. The van der Waals surface area contributed by atoms with Crippen LogP contribution in [0.1, 0.15) is 18.3 Å². The predicted octanol–water partition coefficient (Wildman–Crippen LogP) is 1.24. The lowest BCUT2D eigenvalue weighted by Crippen LogP contribution is -2.46. The molecule has 0 N–H and O–H groups in total. The molecule has 7 heteroatoms. The number of aromatic nitrogens is 2. The highest BCUT2D eigenvalue weighted by Crippen LogP contribution is 2.22. The van der Waals surface area contributed by atoms with Gasteiger partial charge in [0.1, 0.15) is 0 Å². The van der Waals surface area contributed by atoms with Crippen LogP contribution in [0, 0.1) is 6.92 Å². The largest absolute Gasteiger partial charge is 0.467 e. The van der Waals surface area contributed by atoms with Crippen LogP contribution >= 0.6 is 11.6 Å². The summed E-state index contributed by atoms with van der Waals surface area (Å²) in [4.78, 5) is 13.7. The van der Waals surface area contributed by atoms with Gasteiger partial charge >= 0.3 is 5.97 Å². The smallest absolute Gasteiger partial charge is 0.336 e. The van der Waals surface area contributed by atoms with Crippen LogP contribution in [0.15, 0.2) is 0 Å². The maximum atomic E-state index is 11.5. The van der Waals surface area contributed by atoms with E-state index in [1.54, 1.807) is 0 Å². The second-order valence-corrected chi connectivity index (χ2v) is 5.16. The molecule has 1 aromatic rings. The lowest BCUT2D eigenvalue weighted by molar-refractivity contribution is -0.160. The molecular weight excluding hydrogens is 282 g/mol. The van der Waals surface area contributed by atoms with Crippen LogP contribution in [0.25, 0.3) is 0 Å². The summed E-state index contributed by atoms with van der Waals surface area (Å²) in [6.07, 6.45) is -0.522. The van der Waals surface area contributed by atoms with E-state index in [9.17, 15) is 4.79 Å². The Kier molecular flexibility index (Phi) is 5.01. The lowest BCUT2D eigenvalue weighted by atomic mass is 10.2. The first-order valence-corrected chi connectivity index (χ1v) is 7.08. The molecule has 0 radical (unpaired) electrons. The number of hydrogen-bond donors (Lipinski definition) is 0. The molecular formula is C13H20ClN3O3. The summed E-state index contributed by atoms with van der Waals surface area (Å²) in [5.41, 5.74) is 1.82.